The van der Waals surface area contributed by atoms with Crippen LogP contribution in [0.2, 0.25) is 0 Å². The fourth-order valence-electron chi connectivity index (χ4n) is 3.81. The largest absolute Gasteiger partial charge is 0.469 e. The van der Waals surface area contributed by atoms with Gasteiger partial charge in [0.1, 0.15) is 0 Å². The van der Waals surface area contributed by atoms with Gasteiger partial charge in [0.05, 0.1) is 13.0 Å². The van der Waals surface area contributed by atoms with Crippen molar-refractivity contribution in [1.29, 1.82) is 0 Å². The number of carbonyl (C=O) groups excluding carboxylic acids is 1. The van der Waals surface area contributed by atoms with Gasteiger partial charge in [0.25, 0.3) is 0 Å². The molecule has 5 unspecified atom stereocenters. The van der Waals surface area contributed by atoms with Crippen molar-refractivity contribution in [2.75, 3.05) is 7.11 Å². The van der Waals surface area contributed by atoms with Gasteiger partial charge in [-0.05, 0) is 49.4 Å². The van der Waals surface area contributed by atoms with E-state index in [1.807, 2.05) is 6.92 Å². The summed E-state index contributed by atoms with van der Waals surface area (Å²) in [5.74, 6) is 3.50. The van der Waals surface area contributed by atoms with E-state index in [1.165, 1.54) is 26.4 Å². The van der Waals surface area contributed by atoms with Gasteiger partial charge in [0.2, 0.25) is 0 Å². The molecule has 2 bridgehead atoms. The molecule has 0 spiro atoms. The lowest BCUT2D eigenvalue weighted by Gasteiger charge is -2.29. The second-order valence-corrected chi connectivity index (χ2v) is 5.52. The van der Waals surface area contributed by atoms with Crippen LogP contribution in [0.4, 0.5) is 0 Å². The quantitative estimate of drug-likeness (QED) is 0.669. The first-order valence-corrected chi connectivity index (χ1v) is 6.21. The highest BCUT2D eigenvalue weighted by molar-refractivity contribution is 5.71. The summed E-state index contributed by atoms with van der Waals surface area (Å²) < 4.78 is 4.80. The van der Waals surface area contributed by atoms with Gasteiger partial charge < -0.3 is 4.74 Å². The van der Waals surface area contributed by atoms with Crippen LogP contribution >= 0.6 is 0 Å². The zero-order valence-electron chi connectivity index (χ0n) is 10.0. The van der Waals surface area contributed by atoms with Crippen LogP contribution in [-0.2, 0) is 9.53 Å². The van der Waals surface area contributed by atoms with E-state index < -0.39 is 0 Å². The van der Waals surface area contributed by atoms with Crippen LogP contribution in [0.3, 0.4) is 0 Å². The Morgan fingerprint density at radius 1 is 1.40 bits per heavy atom. The second kappa shape index (κ2) is 4.15. The molecule has 2 nitrogen and oxygen atoms in total. The number of esters is 1. The number of methoxy groups -OCH3 is 1. The van der Waals surface area contributed by atoms with Crippen LogP contribution in [0.15, 0.2) is 0 Å². The third-order valence-electron chi connectivity index (χ3n) is 4.77. The molecule has 86 valence electrons. The van der Waals surface area contributed by atoms with Crippen molar-refractivity contribution in [1.82, 2.24) is 0 Å². The number of carbonyl (C=O) groups is 1. The van der Waals surface area contributed by atoms with Crippen molar-refractivity contribution >= 4 is 5.97 Å². The molecule has 2 fully saturated rings. The molecule has 2 aliphatic rings. The van der Waals surface area contributed by atoms with Crippen molar-refractivity contribution in [3.8, 4) is 0 Å². The van der Waals surface area contributed by atoms with Gasteiger partial charge in [-0.2, -0.15) is 0 Å². The van der Waals surface area contributed by atoms with E-state index in [9.17, 15) is 4.79 Å². The summed E-state index contributed by atoms with van der Waals surface area (Å²) in [4.78, 5) is 11.4. The molecule has 0 amide bonds. The van der Waals surface area contributed by atoms with Crippen LogP contribution in [0, 0.1) is 29.6 Å². The van der Waals surface area contributed by atoms with E-state index >= 15 is 0 Å². The minimum absolute atomic E-state index is 0.0371. The highest BCUT2D eigenvalue weighted by Crippen LogP contribution is 2.53. The van der Waals surface area contributed by atoms with Crippen LogP contribution in [0.1, 0.15) is 39.5 Å². The van der Waals surface area contributed by atoms with Gasteiger partial charge in [-0.3, -0.25) is 4.79 Å². The lowest BCUT2D eigenvalue weighted by atomic mass is 9.76. The molecule has 2 heteroatoms. The zero-order valence-corrected chi connectivity index (χ0v) is 10.0. The molecule has 0 N–H and O–H groups in total. The maximum Gasteiger partial charge on any atom is 0.308 e. The Labute approximate surface area is 92.4 Å². The van der Waals surface area contributed by atoms with Gasteiger partial charge in [0.15, 0.2) is 0 Å². The Bertz CT molecular complexity index is 247. The molecule has 0 aromatic carbocycles. The third-order valence-corrected chi connectivity index (χ3v) is 4.77. The molecule has 2 rings (SSSR count). The predicted octanol–water partition coefficient (Wildman–Crippen LogP) is 2.87. The van der Waals surface area contributed by atoms with Crippen molar-refractivity contribution in [3.63, 3.8) is 0 Å². The molecule has 0 saturated heterocycles. The van der Waals surface area contributed by atoms with E-state index in [0.29, 0.717) is 0 Å². The first-order valence-electron chi connectivity index (χ1n) is 6.21. The second-order valence-electron chi connectivity index (χ2n) is 5.52. The van der Waals surface area contributed by atoms with E-state index in [-0.39, 0.29) is 11.9 Å². The van der Waals surface area contributed by atoms with Gasteiger partial charge in [0, 0.05) is 0 Å². The topological polar surface area (TPSA) is 26.3 Å². The monoisotopic (exact) mass is 210 g/mol. The van der Waals surface area contributed by atoms with Crippen LogP contribution in [-0.4, -0.2) is 13.1 Å². The predicted molar refractivity (Wildman–Crippen MR) is 59.3 cm³/mol. The summed E-state index contributed by atoms with van der Waals surface area (Å²) >= 11 is 0. The fraction of sp³-hybridized carbons (Fsp3) is 0.923. The normalized spacial score (nSPS) is 40.5. The highest BCUT2D eigenvalue weighted by atomic mass is 16.5. The number of fused-ring (bicyclic) bond motifs is 2. The SMILES string of the molecule is COC(=O)C(C)CC1C2CCC(C2)C1C. The van der Waals surface area contributed by atoms with Crippen molar-refractivity contribution < 1.29 is 9.53 Å². The highest BCUT2D eigenvalue weighted by Gasteiger charge is 2.45. The lowest BCUT2D eigenvalue weighted by molar-refractivity contribution is -0.145. The van der Waals surface area contributed by atoms with Crippen LogP contribution < -0.4 is 0 Å². The molecule has 15 heavy (non-hydrogen) atoms. The molecule has 0 radical (unpaired) electrons. The van der Waals surface area contributed by atoms with Crippen molar-refractivity contribution in [2.24, 2.45) is 29.6 Å². The smallest absolute Gasteiger partial charge is 0.308 e. The van der Waals surface area contributed by atoms with E-state index in [2.05, 4.69) is 6.92 Å². The number of rotatable bonds is 3. The molecule has 2 aliphatic carbocycles. The average Bonchev–Trinajstić information content (AvgIpc) is 2.80. The molecule has 0 aromatic heterocycles. The van der Waals surface area contributed by atoms with Gasteiger partial charge in [-0.1, -0.05) is 13.8 Å². The first-order chi connectivity index (χ1) is 7.13. The lowest BCUT2D eigenvalue weighted by Crippen LogP contribution is -2.25. The van der Waals surface area contributed by atoms with Crippen LogP contribution in [0.5, 0.6) is 0 Å². The fourth-order valence-corrected chi connectivity index (χ4v) is 3.81. The van der Waals surface area contributed by atoms with E-state index in [0.717, 1.165) is 30.1 Å². The first kappa shape index (κ1) is 11.0. The Morgan fingerprint density at radius 3 is 2.60 bits per heavy atom. The Hall–Kier alpha value is -0.530. The Balaban J connectivity index is 1.92. The summed E-state index contributed by atoms with van der Waals surface area (Å²) in [6.07, 6.45) is 5.28. The number of ether oxygens (including phenoxy) is 1. The molecule has 0 aromatic rings. The van der Waals surface area contributed by atoms with Gasteiger partial charge in [-0.25, -0.2) is 0 Å². The molecular formula is C13H22O2. The van der Waals surface area contributed by atoms with E-state index in [4.69, 9.17) is 4.74 Å². The van der Waals surface area contributed by atoms with Gasteiger partial charge in [-0.15, -0.1) is 0 Å². The Morgan fingerprint density at radius 2 is 2.07 bits per heavy atom. The van der Waals surface area contributed by atoms with Crippen LogP contribution in [0.25, 0.3) is 0 Å². The molecule has 0 aliphatic heterocycles. The summed E-state index contributed by atoms with van der Waals surface area (Å²) in [5, 5.41) is 0. The third kappa shape index (κ3) is 1.91. The van der Waals surface area contributed by atoms with E-state index in [1.54, 1.807) is 0 Å². The summed E-state index contributed by atoms with van der Waals surface area (Å²) in [6.45, 7) is 4.38. The maximum absolute atomic E-state index is 11.4. The van der Waals surface area contributed by atoms with Crippen molar-refractivity contribution in [3.05, 3.63) is 0 Å². The minimum atomic E-state index is -0.0371. The zero-order chi connectivity index (χ0) is 11.0. The number of hydrogen-bond donors (Lipinski definition) is 0. The summed E-state index contributed by atoms with van der Waals surface area (Å²) in [5.41, 5.74) is 0. The molecular weight excluding hydrogens is 188 g/mol. The Kier molecular flexibility index (Phi) is 3.03. The maximum atomic E-state index is 11.4. The summed E-state index contributed by atoms with van der Waals surface area (Å²) in [6, 6.07) is 0. The molecule has 2 saturated carbocycles. The average molecular weight is 210 g/mol. The number of hydrogen-bond acceptors (Lipinski definition) is 2. The van der Waals surface area contributed by atoms with Gasteiger partial charge >= 0.3 is 5.97 Å². The molecule has 5 atom stereocenters. The molecule has 0 heterocycles. The standard InChI is InChI=1S/C13H22O2/c1-8(13(14)15-3)6-12-9(2)10-4-5-11(12)7-10/h8-12H,4-7H2,1-3H3. The minimum Gasteiger partial charge on any atom is -0.469 e. The summed E-state index contributed by atoms with van der Waals surface area (Å²) in [7, 11) is 1.49. The van der Waals surface area contributed by atoms with Crippen molar-refractivity contribution in [2.45, 2.75) is 39.5 Å².